The Balaban J connectivity index is 2.70. The van der Waals surface area contributed by atoms with Crippen molar-refractivity contribution in [1.82, 2.24) is 0 Å². The molecule has 3 heteroatoms. The van der Waals surface area contributed by atoms with Crippen LogP contribution >= 0.6 is 11.8 Å². The van der Waals surface area contributed by atoms with Gasteiger partial charge in [0.05, 0.1) is 0 Å². The summed E-state index contributed by atoms with van der Waals surface area (Å²) < 4.78 is 13.3. The van der Waals surface area contributed by atoms with E-state index in [1.807, 2.05) is 12.3 Å². The van der Waals surface area contributed by atoms with Crippen LogP contribution in [0.1, 0.15) is 18.4 Å². The van der Waals surface area contributed by atoms with Gasteiger partial charge in [-0.3, -0.25) is 0 Å². The molecular formula is C11H16FNS. The molecule has 2 N–H and O–H groups in total. The molecule has 0 amide bonds. The van der Waals surface area contributed by atoms with Gasteiger partial charge in [0.1, 0.15) is 5.82 Å². The van der Waals surface area contributed by atoms with E-state index < -0.39 is 0 Å². The first-order chi connectivity index (χ1) is 6.79. The number of nitrogens with two attached hydrogens (primary N) is 1. The predicted molar refractivity (Wildman–Crippen MR) is 60.2 cm³/mol. The standard InChI is InChI=1S/C11H16FNS/c1-14-11-9(5-2-3-8-13)6-4-7-10(11)12/h4,6-7H,2-3,5,8,13H2,1H3. The van der Waals surface area contributed by atoms with E-state index in [9.17, 15) is 4.39 Å². The third kappa shape index (κ3) is 3.00. The van der Waals surface area contributed by atoms with Gasteiger partial charge in [0.15, 0.2) is 0 Å². The van der Waals surface area contributed by atoms with Crippen molar-refractivity contribution in [3.63, 3.8) is 0 Å². The van der Waals surface area contributed by atoms with Crippen LogP contribution in [0.5, 0.6) is 0 Å². The van der Waals surface area contributed by atoms with Gasteiger partial charge >= 0.3 is 0 Å². The molecule has 0 aliphatic carbocycles. The van der Waals surface area contributed by atoms with Crippen molar-refractivity contribution in [3.05, 3.63) is 29.6 Å². The fourth-order valence-electron chi connectivity index (χ4n) is 1.44. The lowest BCUT2D eigenvalue weighted by Crippen LogP contribution is -2.00. The maximum atomic E-state index is 13.3. The third-order valence-corrected chi connectivity index (χ3v) is 3.02. The number of hydrogen-bond donors (Lipinski definition) is 1. The second-order valence-electron chi connectivity index (χ2n) is 3.18. The Labute approximate surface area is 88.9 Å². The van der Waals surface area contributed by atoms with Crippen LogP contribution in [0.4, 0.5) is 4.39 Å². The molecule has 14 heavy (non-hydrogen) atoms. The van der Waals surface area contributed by atoms with E-state index in [2.05, 4.69) is 0 Å². The monoisotopic (exact) mass is 213 g/mol. The second-order valence-corrected chi connectivity index (χ2v) is 3.99. The molecule has 0 fully saturated rings. The fraction of sp³-hybridized carbons (Fsp3) is 0.455. The highest BCUT2D eigenvalue weighted by Gasteiger charge is 2.05. The zero-order chi connectivity index (χ0) is 10.4. The molecular weight excluding hydrogens is 197 g/mol. The van der Waals surface area contributed by atoms with Crippen LogP contribution in [0.15, 0.2) is 23.1 Å². The minimum absolute atomic E-state index is 0.109. The summed E-state index contributed by atoms with van der Waals surface area (Å²) in [6, 6.07) is 5.27. The van der Waals surface area contributed by atoms with E-state index in [0.717, 1.165) is 29.7 Å². The van der Waals surface area contributed by atoms with Gasteiger partial charge in [-0.15, -0.1) is 11.8 Å². The molecule has 0 aliphatic rings. The van der Waals surface area contributed by atoms with E-state index in [-0.39, 0.29) is 5.82 Å². The molecule has 0 spiro atoms. The number of benzene rings is 1. The summed E-state index contributed by atoms with van der Waals surface area (Å²) in [6.45, 7) is 0.712. The van der Waals surface area contributed by atoms with Crippen LogP contribution in [-0.4, -0.2) is 12.8 Å². The molecule has 1 rings (SSSR count). The summed E-state index contributed by atoms with van der Waals surface area (Å²) in [7, 11) is 0. The number of thioether (sulfide) groups is 1. The lowest BCUT2D eigenvalue weighted by Gasteiger charge is -2.07. The van der Waals surface area contributed by atoms with Crippen LogP contribution in [0.3, 0.4) is 0 Å². The summed E-state index contributed by atoms with van der Waals surface area (Å²) in [5.74, 6) is -0.109. The smallest absolute Gasteiger partial charge is 0.137 e. The molecule has 0 aliphatic heterocycles. The van der Waals surface area contributed by atoms with Crippen molar-refractivity contribution in [3.8, 4) is 0 Å². The highest BCUT2D eigenvalue weighted by atomic mass is 32.2. The molecule has 0 heterocycles. The van der Waals surface area contributed by atoms with Crippen molar-refractivity contribution < 1.29 is 4.39 Å². The second kappa shape index (κ2) is 6.04. The molecule has 1 aromatic carbocycles. The molecule has 0 unspecified atom stereocenters. The van der Waals surface area contributed by atoms with Crippen molar-refractivity contribution in [2.75, 3.05) is 12.8 Å². The lowest BCUT2D eigenvalue weighted by atomic mass is 10.1. The highest BCUT2D eigenvalue weighted by Crippen LogP contribution is 2.24. The van der Waals surface area contributed by atoms with Crippen molar-refractivity contribution in [2.24, 2.45) is 5.73 Å². The Kier molecular flexibility index (Phi) is 4.98. The molecule has 0 saturated heterocycles. The van der Waals surface area contributed by atoms with Gasteiger partial charge in [0.25, 0.3) is 0 Å². The SMILES string of the molecule is CSc1c(F)cccc1CCCCN. The van der Waals surface area contributed by atoms with Gasteiger partial charge in [0.2, 0.25) is 0 Å². The summed E-state index contributed by atoms with van der Waals surface area (Å²) in [4.78, 5) is 0.782. The maximum absolute atomic E-state index is 13.3. The summed E-state index contributed by atoms with van der Waals surface area (Å²) in [5, 5.41) is 0. The van der Waals surface area contributed by atoms with E-state index in [1.165, 1.54) is 17.8 Å². The van der Waals surface area contributed by atoms with Crippen LogP contribution in [-0.2, 0) is 6.42 Å². The Bertz CT molecular complexity index is 289. The van der Waals surface area contributed by atoms with Crippen LogP contribution in [0.2, 0.25) is 0 Å². The van der Waals surface area contributed by atoms with Gasteiger partial charge in [0, 0.05) is 4.90 Å². The van der Waals surface area contributed by atoms with Crippen molar-refractivity contribution >= 4 is 11.8 Å². The van der Waals surface area contributed by atoms with Crippen LogP contribution < -0.4 is 5.73 Å². The average Bonchev–Trinajstić information content (AvgIpc) is 2.18. The molecule has 1 nitrogen and oxygen atoms in total. The average molecular weight is 213 g/mol. The topological polar surface area (TPSA) is 26.0 Å². The zero-order valence-electron chi connectivity index (χ0n) is 8.42. The Morgan fingerprint density at radius 1 is 1.36 bits per heavy atom. The molecule has 0 bridgehead atoms. The lowest BCUT2D eigenvalue weighted by molar-refractivity contribution is 0.594. The molecule has 0 radical (unpaired) electrons. The first-order valence-electron chi connectivity index (χ1n) is 4.81. The minimum Gasteiger partial charge on any atom is -0.330 e. The summed E-state index contributed by atoms with van der Waals surface area (Å²) in [5.41, 5.74) is 6.52. The highest BCUT2D eigenvalue weighted by molar-refractivity contribution is 7.98. The van der Waals surface area contributed by atoms with Crippen molar-refractivity contribution in [1.29, 1.82) is 0 Å². The van der Waals surface area contributed by atoms with E-state index in [0.29, 0.717) is 6.54 Å². The Morgan fingerprint density at radius 2 is 2.14 bits per heavy atom. The van der Waals surface area contributed by atoms with Crippen LogP contribution in [0.25, 0.3) is 0 Å². The van der Waals surface area contributed by atoms with Gasteiger partial charge in [-0.25, -0.2) is 4.39 Å². The molecule has 1 aromatic rings. The maximum Gasteiger partial charge on any atom is 0.137 e. The first kappa shape index (κ1) is 11.5. The van der Waals surface area contributed by atoms with Crippen LogP contribution in [0, 0.1) is 5.82 Å². The van der Waals surface area contributed by atoms with E-state index in [4.69, 9.17) is 5.73 Å². The van der Waals surface area contributed by atoms with E-state index in [1.54, 1.807) is 6.07 Å². The molecule has 78 valence electrons. The van der Waals surface area contributed by atoms with Gasteiger partial charge in [-0.1, -0.05) is 12.1 Å². The normalized spacial score (nSPS) is 10.5. The largest absolute Gasteiger partial charge is 0.330 e. The minimum atomic E-state index is -0.109. The first-order valence-corrected chi connectivity index (χ1v) is 6.03. The quantitative estimate of drug-likeness (QED) is 0.601. The molecule has 0 aromatic heterocycles. The van der Waals surface area contributed by atoms with Gasteiger partial charge in [-0.05, 0) is 43.7 Å². The number of hydrogen-bond acceptors (Lipinski definition) is 2. The summed E-state index contributed by atoms with van der Waals surface area (Å²) >= 11 is 1.47. The van der Waals surface area contributed by atoms with E-state index >= 15 is 0 Å². The summed E-state index contributed by atoms with van der Waals surface area (Å²) in [6.07, 6.45) is 4.87. The molecule has 0 saturated carbocycles. The molecule has 0 atom stereocenters. The Morgan fingerprint density at radius 3 is 2.79 bits per heavy atom. The zero-order valence-corrected chi connectivity index (χ0v) is 9.24. The van der Waals surface area contributed by atoms with Gasteiger partial charge < -0.3 is 5.73 Å². The predicted octanol–water partition coefficient (Wildman–Crippen LogP) is 2.83. The third-order valence-electron chi connectivity index (χ3n) is 2.15. The Hall–Kier alpha value is -0.540. The number of rotatable bonds is 5. The number of halogens is 1. The fourth-order valence-corrected chi connectivity index (χ4v) is 2.13. The number of aryl methyl sites for hydroxylation is 1. The number of unbranched alkanes of at least 4 members (excludes halogenated alkanes) is 1. The van der Waals surface area contributed by atoms with Gasteiger partial charge in [-0.2, -0.15) is 0 Å². The van der Waals surface area contributed by atoms with Crippen molar-refractivity contribution in [2.45, 2.75) is 24.2 Å².